The van der Waals surface area contributed by atoms with Gasteiger partial charge in [-0.3, -0.25) is 19.5 Å². The average Bonchev–Trinajstić information content (AvgIpc) is 3.18. The third kappa shape index (κ3) is 5.48. The number of methoxy groups -OCH3 is 1. The Hall–Kier alpha value is -3.34. The van der Waals surface area contributed by atoms with E-state index in [9.17, 15) is 24.1 Å². The van der Waals surface area contributed by atoms with Crippen LogP contribution in [0.15, 0.2) is 53.7 Å². The molecule has 2 aromatic rings. The fourth-order valence-corrected chi connectivity index (χ4v) is 6.51. The van der Waals surface area contributed by atoms with Crippen LogP contribution in [0.5, 0.6) is 5.75 Å². The molecule has 210 valence electrons. The van der Waals surface area contributed by atoms with Crippen molar-refractivity contribution in [1.29, 1.82) is 0 Å². The summed E-state index contributed by atoms with van der Waals surface area (Å²) in [6.07, 6.45) is 5.33. The first-order valence-corrected chi connectivity index (χ1v) is 13.8. The molecule has 2 amide bonds. The molecule has 5 rings (SSSR count). The van der Waals surface area contributed by atoms with Crippen LogP contribution in [0.4, 0.5) is 4.39 Å². The minimum atomic E-state index is -1.07. The molecule has 0 radical (unpaired) electrons. The highest BCUT2D eigenvalue weighted by atomic mass is 19.1. The molecular formula is C30H34BFN2O6. The zero-order chi connectivity index (χ0) is 28.4. The number of phenols is 1. The Balaban J connectivity index is 1.47. The van der Waals surface area contributed by atoms with Gasteiger partial charge in [0.05, 0.1) is 30.2 Å². The number of carbonyl (C=O) groups excluding carboxylic acids is 2. The number of hydrogen-bond donors (Lipinski definition) is 2. The molecular weight excluding hydrogens is 514 g/mol. The topological polar surface area (TPSA) is 109 Å². The summed E-state index contributed by atoms with van der Waals surface area (Å²) < 4.78 is 25.7. The van der Waals surface area contributed by atoms with Crippen LogP contribution in [-0.2, 0) is 19.0 Å². The standard InChI is InChI=1S/C30H34BFN2O6/c1-3-12-34-29(36)21-15-20(17-39-2)27-22(28(21)30(34)37)16-31(38)40-26(27)10-8-19(24-6-4-5-11-33-24)13-18-7-9-25(35)23(32)14-18/h4-7,9,11,13-14,21-22,26,28,35,38H,3,8,10,12,15-17H2,1-2H3/b19-13-/t21-,22+,26-,28-/m1/s1. The van der Waals surface area contributed by atoms with E-state index in [1.807, 2.05) is 31.2 Å². The number of halogens is 1. The van der Waals surface area contributed by atoms with Crippen molar-refractivity contribution < 1.29 is 33.5 Å². The van der Waals surface area contributed by atoms with Gasteiger partial charge in [-0.15, -0.1) is 0 Å². The number of amides is 2. The summed E-state index contributed by atoms with van der Waals surface area (Å²) in [5.74, 6) is -2.70. The van der Waals surface area contributed by atoms with Crippen LogP contribution in [0.2, 0.25) is 6.32 Å². The number of aromatic nitrogens is 1. The summed E-state index contributed by atoms with van der Waals surface area (Å²) in [7, 11) is 0.532. The molecule has 0 saturated carbocycles. The van der Waals surface area contributed by atoms with Gasteiger partial charge in [0, 0.05) is 19.9 Å². The van der Waals surface area contributed by atoms with Gasteiger partial charge in [0.1, 0.15) is 0 Å². The maximum Gasteiger partial charge on any atom is 0.455 e. The number of pyridine rings is 1. The van der Waals surface area contributed by atoms with Crippen molar-refractivity contribution >= 4 is 30.6 Å². The quantitative estimate of drug-likeness (QED) is 0.276. The van der Waals surface area contributed by atoms with E-state index in [0.717, 1.165) is 16.7 Å². The molecule has 3 aliphatic rings. The number of carbonyl (C=O) groups is 2. The molecule has 1 aliphatic carbocycles. The molecule has 0 bridgehead atoms. The molecule has 2 aliphatic heterocycles. The van der Waals surface area contributed by atoms with Crippen LogP contribution in [0.1, 0.15) is 43.9 Å². The molecule has 10 heteroatoms. The van der Waals surface area contributed by atoms with Gasteiger partial charge in [-0.25, -0.2) is 4.39 Å². The van der Waals surface area contributed by atoms with Crippen molar-refractivity contribution in [2.24, 2.45) is 17.8 Å². The van der Waals surface area contributed by atoms with Crippen LogP contribution in [0, 0.1) is 23.6 Å². The lowest BCUT2D eigenvalue weighted by Crippen LogP contribution is -2.46. The molecule has 8 nitrogen and oxygen atoms in total. The number of rotatable bonds is 9. The zero-order valence-corrected chi connectivity index (χ0v) is 22.8. The summed E-state index contributed by atoms with van der Waals surface area (Å²) in [4.78, 5) is 32.5. The van der Waals surface area contributed by atoms with Crippen LogP contribution in [0.25, 0.3) is 11.6 Å². The highest BCUT2D eigenvalue weighted by Crippen LogP contribution is 2.50. The van der Waals surface area contributed by atoms with Gasteiger partial charge in [-0.05, 0) is 90.5 Å². The minimum Gasteiger partial charge on any atom is -0.505 e. The molecule has 3 heterocycles. The molecule has 0 unspecified atom stereocenters. The van der Waals surface area contributed by atoms with Gasteiger partial charge in [0.2, 0.25) is 11.8 Å². The number of hydrogen-bond acceptors (Lipinski definition) is 7. The van der Waals surface area contributed by atoms with Gasteiger partial charge in [-0.2, -0.15) is 0 Å². The minimum absolute atomic E-state index is 0.136. The lowest BCUT2D eigenvalue weighted by Gasteiger charge is -2.43. The Morgan fingerprint density at radius 3 is 2.77 bits per heavy atom. The Labute approximate surface area is 233 Å². The lowest BCUT2D eigenvalue weighted by molar-refractivity contribution is -0.140. The Morgan fingerprint density at radius 2 is 2.08 bits per heavy atom. The fourth-order valence-electron chi connectivity index (χ4n) is 6.51. The van der Waals surface area contributed by atoms with Crippen LogP contribution >= 0.6 is 0 Å². The molecule has 40 heavy (non-hydrogen) atoms. The van der Waals surface area contributed by atoms with E-state index < -0.39 is 36.6 Å². The number of phenolic OH excluding ortho intramolecular Hbond substituents is 1. The molecule has 0 spiro atoms. The van der Waals surface area contributed by atoms with E-state index in [0.29, 0.717) is 50.1 Å². The van der Waals surface area contributed by atoms with Gasteiger partial charge in [0.25, 0.3) is 0 Å². The lowest BCUT2D eigenvalue weighted by atomic mass is 9.58. The Bertz CT molecular complexity index is 1330. The van der Waals surface area contributed by atoms with Crippen molar-refractivity contribution in [2.75, 3.05) is 20.3 Å². The molecule has 2 N–H and O–H groups in total. The number of benzene rings is 1. The maximum absolute atomic E-state index is 14.1. The number of imide groups is 1. The summed E-state index contributed by atoms with van der Waals surface area (Å²) in [6, 6.07) is 9.76. The first-order valence-electron chi connectivity index (χ1n) is 13.8. The van der Waals surface area contributed by atoms with E-state index in [2.05, 4.69) is 4.98 Å². The number of nitrogens with zero attached hydrogens (tertiary/aromatic N) is 2. The van der Waals surface area contributed by atoms with E-state index in [1.54, 1.807) is 19.4 Å². The van der Waals surface area contributed by atoms with E-state index >= 15 is 0 Å². The SMILES string of the molecule is CCCN1C(=O)[C@@H]2[C@@H](CC(COC)=C3[C@@H](CC/C(=C/c4ccc(O)c(F)c4)c4ccccn4)OB(O)C[C@@H]32)C1=O. The second-order valence-corrected chi connectivity index (χ2v) is 10.7. The molecule has 2 saturated heterocycles. The van der Waals surface area contributed by atoms with Crippen LogP contribution < -0.4 is 0 Å². The predicted octanol–water partition coefficient (Wildman–Crippen LogP) is 4.10. The smallest absolute Gasteiger partial charge is 0.455 e. The van der Waals surface area contributed by atoms with E-state index in [-0.39, 0.29) is 24.1 Å². The highest BCUT2D eigenvalue weighted by Gasteiger charge is 2.57. The van der Waals surface area contributed by atoms with Gasteiger partial charge in [0.15, 0.2) is 11.6 Å². The third-order valence-corrected chi connectivity index (χ3v) is 8.15. The molecule has 4 atom stereocenters. The first kappa shape index (κ1) is 28.2. The van der Waals surface area contributed by atoms with Crippen molar-refractivity contribution in [3.63, 3.8) is 0 Å². The van der Waals surface area contributed by atoms with Crippen molar-refractivity contribution in [1.82, 2.24) is 9.88 Å². The van der Waals surface area contributed by atoms with Crippen LogP contribution in [0.3, 0.4) is 0 Å². The van der Waals surface area contributed by atoms with E-state index in [4.69, 9.17) is 9.39 Å². The van der Waals surface area contributed by atoms with Crippen molar-refractivity contribution in [3.05, 3.63) is 70.8 Å². The van der Waals surface area contributed by atoms with E-state index in [1.165, 1.54) is 17.0 Å². The Kier molecular flexibility index (Phi) is 8.49. The first-order chi connectivity index (χ1) is 19.3. The Morgan fingerprint density at radius 1 is 1.25 bits per heavy atom. The molecule has 2 fully saturated rings. The normalized spacial score (nSPS) is 24.9. The predicted molar refractivity (Wildman–Crippen MR) is 148 cm³/mol. The summed E-state index contributed by atoms with van der Waals surface area (Å²) in [5, 5.41) is 20.4. The number of allylic oxidation sites excluding steroid dienone is 1. The molecule has 1 aromatic carbocycles. The number of fused-ring (bicyclic) bond motifs is 3. The zero-order valence-electron chi connectivity index (χ0n) is 22.8. The van der Waals surface area contributed by atoms with Crippen molar-refractivity contribution in [3.8, 4) is 5.75 Å². The second kappa shape index (κ2) is 12.0. The number of aromatic hydroxyl groups is 1. The highest BCUT2D eigenvalue weighted by molar-refractivity contribution is 6.43. The monoisotopic (exact) mass is 548 g/mol. The van der Waals surface area contributed by atoms with Gasteiger partial charge >= 0.3 is 7.12 Å². The summed E-state index contributed by atoms with van der Waals surface area (Å²) >= 11 is 0. The van der Waals surface area contributed by atoms with Crippen molar-refractivity contribution in [2.45, 2.75) is 45.0 Å². The summed E-state index contributed by atoms with van der Waals surface area (Å²) in [5.41, 5.74) is 4.02. The van der Waals surface area contributed by atoms with Crippen LogP contribution in [-0.4, -0.2) is 65.3 Å². The fraction of sp³-hybridized carbons (Fsp3) is 0.433. The van der Waals surface area contributed by atoms with Gasteiger partial charge in [-0.1, -0.05) is 19.1 Å². The largest absolute Gasteiger partial charge is 0.505 e. The van der Waals surface area contributed by atoms with Gasteiger partial charge < -0.3 is 19.5 Å². The third-order valence-electron chi connectivity index (χ3n) is 8.15. The molecule has 1 aromatic heterocycles. The number of ether oxygens (including phenoxy) is 1. The summed E-state index contributed by atoms with van der Waals surface area (Å²) in [6.45, 7) is 2.65. The second-order valence-electron chi connectivity index (χ2n) is 10.7. The number of likely N-dealkylation sites (tertiary alicyclic amines) is 1. The average molecular weight is 548 g/mol. The maximum atomic E-state index is 14.1.